The van der Waals surface area contributed by atoms with E-state index in [0.717, 1.165) is 6.54 Å². The third-order valence-electron chi connectivity index (χ3n) is 3.26. The van der Waals surface area contributed by atoms with Gasteiger partial charge in [0, 0.05) is 6.54 Å². The van der Waals surface area contributed by atoms with Crippen molar-refractivity contribution in [2.75, 3.05) is 18.8 Å². The van der Waals surface area contributed by atoms with Gasteiger partial charge in [-0.15, -0.1) is 0 Å². The Labute approximate surface area is 107 Å². The van der Waals surface area contributed by atoms with E-state index in [1.165, 1.54) is 25.7 Å². The van der Waals surface area contributed by atoms with E-state index in [1.54, 1.807) is 13.8 Å². The molecule has 0 aromatic rings. The van der Waals surface area contributed by atoms with Gasteiger partial charge in [-0.3, -0.25) is 0 Å². The van der Waals surface area contributed by atoms with Crippen molar-refractivity contribution in [2.45, 2.75) is 58.6 Å². The van der Waals surface area contributed by atoms with Gasteiger partial charge < -0.3 is 5.32 Å². The van der Waals surface area contributed by atoms with E-state index < -0.39 is 9.84 Å². The molecule has 17 heavy (non-hydrogen) atoms. The van der Waals surface area contributed by atoms with E-state index in [9.17, 15) is 8.42 Å². The van der Waals surface area contributed by atoms with E-state index in [2.05, 4.69) is 19.2 Å². The number of rotatable bonds is 10. The first-order valence-electron chi connectivity index (χ1n) is 6.86. The van der Waals surface area contributed by atoms with Gasteiger partial charge in [-0.05, 0) is 32.7 Å². The van der Waals surface area contributed by atoms with Crippen LogP contribution in [0.15, 0.2) is 0 Å². The van der Waals surface area contributed by atoms with Crippen molar-refractivity contribution in [1.29, 1.82) is 0 Å². The third kappa shape index (κ3) is 7.77. The van der Waals surface area contributed by atoms with Crippen molar-refractivity contribution in [3.05, 3.63) is 0 Å². The van der Waals surface area contributed by atoms with Crippen molar-refractivity contribution in [2.24, 2.45) is 5.92 Å². The molecule has 1 atom stereocenters. The Kier molecular flexibility index (Phi) is 8.88. The van der Waals surface area contributed by atoms with Gasteiger partial charge in [0.05, 0.1) is 11.0 Å². The lowest BCUT2D eigenvalue weighted by Crippen LogP contribution is -2.30. The van der Waals surface area contributed by atoms with E-state index in [0.29, 0.717) is 12.5 Å². The fourth-order valence-electron chi connectivity index (χ4n) is 1.70. The average molecular weight is 263 g/mol. The second kappa shape index (κ2) is 8.92. The molecule has 4 heteroatoms. The largest absolute Gasteiger partial charge is 0.315 e. The number of sulfone groups is 1. The van der Waals surface area contributed by atoms with Crippen molar-refractivity contribution in [1.82, 2.24) is 5.32 Å². The highest BCUT2D eigenvalue weighted by Gasteiger charge is 2.15. The Hall–Kier alpha value is -0.0900. The van der Waals surface area contributed by atoms with Crippen LogP contribution in [0, 0.1) is 5.92 Å². The second-order valence-corrected chi connectivity index (χ2v) is 7.71. The summed E-state index contributed by atoms with van der Waals surface area (Å²) in [5.41, 5.74) is 0. The lowest BCUT2D eigenvalue weighted by Gasteiger charge is -2.15. The van der Waals surface area contributed by atoms with Gasteiger partial charge in [0.1, 0.15) is 0 Å². The Balaban J connectivity index is 3.75. The fraction of sp³-hybridized carbons (Fsp3) is 1.00. The zero-order valence-corrected chi connectivity index (χ0v) is 12.6. The van der Waals surface area contributed by atoms with E-state index in [1.807, 2.05) is 0 Å². The maximum Gasteiger partial charge on any atom is 0.153 e. The summed E-state index contributed by atoms with van der Waals surface area (Å²) in [6, 6.07) is 0. The van der Waals surface area contributed by atoms with Crippen molar-refractivity contribution < 1.29 is 8.42 Å². The van der Waals surface area contributed by atoms with Crippen LogP contribution in [-0.2, 0) is 9.84 Å². The molecule has 0 spiro atoms. The fourth-order valence-corrected chi connectivity index (χ4v) is 2.60. The van der Waals surface area contributed by atoms with Gasteiger partial charge in [-0.1, -0.05) is 33.1 Å². The van der Waals surface area contributed by atoms with Gasteiger partial charge in [-0.25, -0.2) is 8.42 Å². The molecule has 0 saturated heterocycles. The van der Waals surface area contributed by atoms with Gasteiger partial charge >= 0.3 is 0 Å². The maximum atomic E-state index is 11.6. The lowest BCUT2D eigenvalue weighted by molar-refractivity contribution is 0.424. The number of hydrogen-bond donors (Lipinski definition) is 1. The highest BCUT2D eigenvalue weighted by molar-refractivity contribution is 7.92. The molecule has 0 fully saturated rings. The molecule has 0 aromatic carbocycles. The zero-order valence-electron chi connectivity index (χ0n) is 11.8. The summed E-state index contributed by atoms with van der Waals surface area (Å²) in [6.45, 7) is 9.42. The third-order valence-corrected chi connectivity index (χ3v) is 5.47. The summed E-state index contributed by atoms with van der Waals surface area (Å²) in [4.78, 5) is 0. The van der Waals surface area contributed by atoms with Gasteiger partial charge in [0.2, 0.25) is 0 Å². The monoisotopic (exact) mass is 263 g/mol. The van der Waals surface area contributed by atoms with Crippen molar-refractivity contribution in [3.63, 3.8) is 0 Å². The molecular weight excluding hydrogens is 234 g/mol. The molecule has 0 saturated carbocycles. The van der Waals surface area contributed by atoms with E-state index in [-0.39, 0.29) is 11.0 Å². The predicted octanol–water partition coefficient (Wildman–Crippen LogP) is 2.62. The van der Waals surface area contributed by atoms with Crippen LogP contribution in [0.5, 0.6) is 0 Å². The molecule has 0 aliphatic rings. The molecule has 0 heterocycles. The molecule has 0 bridgehead atoms. The number of unbranched alkanes of at least 4 members (excludes halogenated alkanes) is 1. The minimum Gasteiger partial charge on any atom is -0.315 e. The van der Waals surface area contributed by atoms with Gasteiger partial charge in [-0.2, -0.15) is 0 Å². The number of nitrogens with one attached hydrogen (secondary N) is 1. The highest BCUT2D eigenvalue weighted by Crippen LogP contribution is 2.11. The molecule has 0 aromatic heterocycles. The first-order valence-corrected chi connectivity index (χ1v) is 8.57. The molecular formula is C13H29NO2S. The Morgan fingerprint density at radius 2 is 1.82 bits per heavy atom. The SMILES string of the molecule is CCCCC(CC)CNCCS(=O)(=O)C(C)C. The molecule has 0 aliphatic carbocycles. The summed E-state index contributed by atoms with van der Waals surface area (Å²) in [7, 11) is -2.88. The smallest absolute Gasteiger partial charge is 0.153 e. The van der Waals surface area contributed by atoms with Crippen LogP contribution in [0.4, 0.5) is 0 Å². The first kappa shape index (κ1) is 16.9. The Morgan fingerprint density at radius 1 is 1.18 bits per heavy atom. The maximum absolute atomic E-state index is 11.6. The van der Waals surface area contributed by atoms with Crippen LogP contribution in [0.2, 0.25) is 0 Å². The molecule has 0 radical (unpaired) electrons. The average Bonchev–Trinajstić information content (AvgIpc) is 2.28. The van der Waals surface area contributed by atoms with Crippen molar-refractivity contribution >= 4 is 9.84 Å². The quantitative estimate of drug-likeness (QED) is 0.616. The zero-order chi connectivity index (χ0) is 13.3. The van der Waals surface area contributed by atoms with E-state index >= 15 is 0 Å². The van der Waals surface area contributed by atoms with Crippen LogP contribution in [0.3, 0.4) is 0 Å². The van der Waals surface area contributed by atoms with Crippen LogP contribution < -0.4 is 5.32 Å². The van der Waals surface area contributed by atoms with Gasteiger partial charge in [0.15, 0.2) is 9.84 Å². The normalized spacial score (nSPS) is 14.2. The molecule has 1 N–H and O–H groups in total. The van der Waals surface area contributed by atoms with Crippen LogP contribution in [0.25, 0.3) is 0 Å². The predicted molar refractivity (Wildman–Crippen MR) is 75.1 cm³/mol. The molecule has 0 amide bonds. The lowest BCUT2D eigenvalue weighted by atomic mass is 9.99. The summed E-state index contributed by atoms with van der Waals surface area (Å²) < 4.78 is 23.2. The Bertz CT molecular complexity index is 273. The van der Waals surface area contributed by atoms with Crippen LogP contribution >= 0.6 is 0 Å². The molecule has 1 unspecified atom stereocenters. The minimum atomic E-state index is -2.88. The molecule has 3 nitrogen and oxygen atoms in total. The minimum absolute atomic E-state index is 0.258. The molecule has 104 valence electrons. The first-order chi connectivity index (χ1) is 7.94. The number of hydrogen-bond acceptors (Lipinski definition) is 3. The standard InChI is InChI=1S/C13H29NO2S/c1-5-7-8-13(6-2)11-14-9-10-17(15,16)12(3)4/h12-14H,5-11H2,1-4H3. The topological polar surface area (TPSA) is 46.2 Å². The Morgan fingerprint density at radius 3 is 2.29 bits per heavy atom. The van der Waals surface area contributed by atoms with Crippen LogP contribution in [0.1, 0.15) is 53.4 Å². The summed E-state index contributed by atoms with van der Waals surface area (Å²) in [6.07, 6.45) is 4.92. The summed E-state index contributed by atoms with van der Waals surface area (Å²) in [5.74, 6) is 0.950. The molecule has 0 rings (SSSR count). The van der Waals surface area contributed by atoms with Crippen LogP contribution in [-0.4, -0.2) is 32.5 Å². The van der Waals surface area contributed by atoms with Gasteiger partial charge in [0.25, 0.3) is 0 Å². The van der Waals surface area contributed by atoms with E-state index in [4.69, 9.17) is 0 Å². The van der Waals surface area contributed by atoms with Crippen molar-refractivity contribution in [3.8, 4) is 0 Å². The summed E-state index contributed by atoms with van der Waals surface area (Å²) in [5, 5.41) is 3.02. The summed E-state index contributed by atoms with van der Waals surface area (Å²) >= 11 is 0. The molecule has 0 aliphatic heterocycles. The second-order valence-electron chi connectivity index (χ2n) is 5.04. The highest BCUT2D eigenvalue weighted by atomic mass is 32.2.